The maximum absolute atomic E-state index is 12.1. The van der Waals surface area contributed by atoms with E-state index in [1.165, 1.54) is 0 Å². The Morgan fingerprint density at radius 1 is 1.50 bits per heavy atom. The van der Waals surface area contributed by atoms with Crippen molar-refractivity contribution in [1.29, 1.82) is 0 Å². The topological polar surface area (TPSA) is 61.4 Å². The molecule has 2 amide bonds. The lowest BCUT2D eigenvalue weighted by Gasteiger charge is -2.17. The lowest BCUT2D eigenvalue weighted by atomic mass is 10.1. The quantitative estimate of drug-likeness (QED) is 0.808. The van der Waals surface area contributed by atoms with Crippen LogP contribution in [-0.2, 0) is 9.59 Å². The molecule has 0 bridgehead atoms. The van der Waals surface area contributed by atoms with Crippen LogP contribution in [0, 0.1) is 5.92 Å². The van der Waals surface area contributed by atoms with Gasteiger partial charge in [-0.3, -0.25) is 9.59 Å². The molecule has 2 rings (SSSR count). The first kappa shape index (κ1) is 18.9. The van der Waals surface area contributed by atoms with Gasteiger partial charge in [0.25, 0.3) is 0 Å². The van der Waals surface area contributed by atoms with Crippen molar-refractivity contribution in [2.45, 2.75) is 19.4 Å². The van der Waals surface area contributed by atoms with E-state index in [2.05, 4.69) is 26.6 Å². The number of hydrogen-bond acceptors (Lipinski definition) is 3. The highest BCUT2D eigenvalue weighted by molar-refractivity contribution is 9.10. The van der Waals surface area contributed by atoms with E-state index in [0.29, 0.717) is 13.1 Å². The number of nitrogens with one attached hydrogen (secondary N) is 2. The Balaban J connectivity index is 0.00000242. The van der Waals surface area contributed by atoms with Crippen molar-refractivity contribution in [1.82, 2.24) is 10.6 Å². The number of benzene rings is 1. The monoisotopic (exact) mass is 389 g/mol. The van der Waals surface area contributed by atoms with Gasteiger partial charge >= 0.3 is 0 Å². The highest BCUT2D eigenvalue weighted by Crippen LogP contribution is 2.27. The minimum Gasteiger partial charge on any atom is -0.354 e. The number of carbonyl (C=O) groups excluding carboxylic acids is 2. The van der Waals surface area contributed by atoms with Crippen LogP contribution in [0.3, 0.4) is 0 Å². The van der Waals surface area contributed by atoms with Crippen molar-refractivity contribution < 1.29 is 9.59 Å². The molecular weight excluding hydrogens is 370 g/mol. The summed E-state index contributed by atoms with van der Waals surface area (Å²) in [6, 6.07) is 7.78. The third-order valence-electron chi connectivity index (χ3n) is 3.69. The third-order valence-corrected chi connectivity index (χ3v) is 4.18. The summed E-state index contributed by atoms with van der Waals surface area (Å²) in [5.74, 6) is -0.335. The predicted molar refractivity (Wildman–Crippen MR) is 93.4 cm³/mol. The molecule has 2 atom stereocenters. The summed E-state index contributed by atoms with van der Waals surface area (Å²) in [5.41, 5.74) is 0.827. The third kappa shape index (κ3) is 4.69. The van der Waals surface area contributed by atoms with E-state index in [9.17, 15) is 9.59 Å². The van der Waals surface area contributed by atoms with Crippen molar-refractivity contribution in [3.05, 3.63) is 28.7 Å². The van der Waals surface area contributed by atoms with E-state index < -0.39 is 0 Å². The Kier molecular flexibility index (Phi) is 7.32. The van der Waals surface area contributed by atoms with Gasteiger partial charge in [-0.25, -0.2) is 0 Å². The smallest absolute Gasteiger partial charge is 0.227 e. The molecule has 0 spiro atoms. The molecule has 1 aliphatic rings. The Bertz CT molecular complexity index is 541. The van der Waals surface area contributed by atoms with Crippen molar-refractivity contribution in [2.24, 2.45) is 5.92 Å². The normalized spacial score (nSPS) is 18.8. The highest BCUT2D eigenvalue weighted by atomic mass is 79.9. The molecule has 1 aromatic rings. The lowest BCUT2D eigenvalue weighted by Crippen LogP contribution is -2.40. The maximum atomic E-state index is 12.1. The Hall–Kier alpha value is -1.11. The Morgan fingerprint density at radius 2 is 2.23 bits per heavy atom. The van der Waals surface area contributed by atoms with Gasteiger partial charge in [-0.05, 0) is 32.2 Å². The minimum atomic E-state index is -0.277. The van der Waals surface area contributed by atoms with Gasteiger partial charge < -0.3 is 15.5 Å². The van der Waals surface area contributed by atoms with Gasteiger partial charge in [0.05, 0.1) is 5.92 Å². The van der Waals surface area contributed by atoms with Gasteiger partial charge in [-0.2, -0.15) is 0 Å². The number of amides is 2. The van der Waals surface area contributed by atoms with Crippen LogP contribution in [0.1, 0.15) is 13.3 Å². The van der Waals surface area contributed by atoms with E-state index in [1.54, 1.807) is 4.90 Å². The molecule has 2 unspecified atom stereocenters. The van der Waals surface area contributed by atoms with Gasteiger partial charge in [-0.15, -0.1) is 12.4 Å². The summed E-state index contributed by atoms with van der Waals surface area (Å²) in [5, 5.41) is 5.95. The van der Waals surface area contributed by atoms with E-state index in [1.807, 2.05) is 38.2 Å². The van der Waals surface area contributed by atoms with Crippen LogP contribution < -0.4 is 15.5 Å². The second-order valence-electron chi connectivity index (χ2n) is 5.32. The molecule has 122 valence electrons. The van der Waals surface area contributed by atoms with Crippen LogP contribution >= 0.6 is 28.3 Å². The fourth-order valence-electron chi connectivity index (χ4n) is 2.28. The fourth-order valence-corrected chi connectivity index (χ4v) is 2.66. The zero-order valence-electron chi connectivity index (χ0n) is 12.6. The second kappa shape index (κ2) is 8.50. The summed E-state index contributed by atoms with van der Waals surface area (Å²) in [7, 11) is 1.85. The van der Waals surface area contributed by atoms with Gasteiger partial charge in [0, 0.05) is 35.7 Å². The SMILES string of the molecule is CNC(C)CNC(=O)C1CC(=O)N(c2cccc(Br)c2)C1.Cl. The summed E-state index contributed by atoms with van der Waals surface area (Å²) < 4.78 is 0.920. The molecular formula is C15H21BrClN3O2. The predicted octanol–water partition coefficient (Wildman–Crippen LogP) is 1.95. The van der Waals surface area contributed by atoms with Crippen LogP contribution in [0.4, 0.5) is 5.69 Å². The molecule has 1 fully saturated rings. The van der Waals surface area contributed by atoms with Crippen LogP contribution in [0.5, 0.6) is 0 Å². The molecule has 0 aliphatic carbocycles. The second-order valence-corrected chi connectivity index (χ2v) is 6.24. The first-order chi connectivity index (χ1) is 10.0. The fraction of sp³-hybridized carbons (Fsp3) is 0.467. The van der Waals surface area contributed by atoms with Crippen LogP contribution in [0.15, 0.2) is 28.7 Å². The molecule has 1 heterocycles. The zero-order chi connectivity index (χ0) is 15.4. The number of nitrogens with zero attached hydrogens (tertiary/aromatic N) is 1. The van der Waals surface area contributed by atoms with E-state index in [0.717, 1.165) is 10.2 Å². The highest BCUT2D eigenvalue weighted by Gasteiger charge is 2.35. The molecule has 1 aromatic carbocycles. The number of likely N-dealkylation sites (N-methyl/N-ethyl adjacent to an activating group) is 1. The summed E-state index contributed by atoms with van der Waals surface area (Å²) in [6.45, 7) is 3.00. The van der Waals surface area contributed by atoms with Crippen molar-refractivity contribution in [3.8, 4) is 0 Å². The Labute approximate surface area is 145 Å². The van der Waals surface area contributed by atoms with Gasteiger partial charge in [0.2, 0.25) is 11.8 Å². The Morgan fingerprint density at radius 3 is 2.86 bits per heavy atom. The number of anilines is 1. The van der Waals surface area contributed by atoms with Crippen molar-refractivity contribution in [3.63, 3.8) is 0 Å². The standard InChI is InChI=1S/C15H20BrN3O2.ClH/c1-10(17-2)8-18-15(21)11-6-14(20)19(9-11)13-5-3-4-12(16)7-13;/h3-5,7,10-11,17H,6,8-9H2,1-2H3,(H,18,21);1H. The number of halogens is 2. The number of rotatable bonds is 5. The average Bonchev–Trinajstić information content (AvgIpc) is 2.86. The molecule has 1 saturated heterocycles. The van der Waals surface area contributed by atoms with E-state index >= 15 is 0 Å². The van der Waals surface area contributed by atoms with Crippen LogP contribution in [-0.4, -0.2) is 38.0 Å². The summed E-state index contributed by atoms with van der Waals surface area (Å²) in [6.07, 6.45) is 0.270. The molecule has 0 radical (unpaired) electrons. The summed E-state index contributed by atoms with van der Waals surface area (Å²) >= 11 is 3.40. The van der Waals surface area contributed by atoms with Crippen LogP contribution in [0.2, 0.25) is 0 Å². The molecule has 22 heavy (non-hydrogen) atoms. The molecule has 1 aliphatic heterocycles. The minimum absolute atomic E-state index is 0. The number of hydrogen-bond donors (Lipinski definition) is 2. The molecule has 0 saturated carbocycles. The number of carbonyl (C=O) groups is 2. The molecule has 0 aromatic heterocycles. The van der Waals surface area contributed by atoms with Gasteiger partial charge in [0.1, 0.15) is 0 Å². The largest absolute Gasteiger partial charge is 0.354 e. The van der Waals surface area contributed by atoms with Crippen molar-refractivity contribution in [2.75, 3.05) is 25.0 Å². The zero-order valence-corrected chi connectivity index (χ0v) is 15.0. The molecule has 5 nitrogen and oxygen atoms in total. The lowest BCUT2D eigenvalue weighted by molar-refractivity contribution is -0.126. The summed E-state index contributed by atoms with van der Waals surface area (Å²) in [4.78, 5) is 25.9. The first-order valence-electron chi connectivity index (χ1n) is 7.02. The van der Waals surface area contributed by atoms with Crippen LogP contribution in [0.25, 0.3) is 0 Å². The first-order valence-corrected chi connectivity index (χ1v) is 7.81. The molecule has 7 heteroatoms. The maximum Gasteiger partial charge on any atom is 0.227 e. The van der Waals surface area contributed by atoms with E-state index in [4.69, 9.17) is 0 Å². The molecule has 2 N–H and O–H groups in total. The van der Waals surface area contributed by atoms with Gasteiger partial charge in [0.15, 0.2) is 0 Å². The van der Waals surface area contributed by atoms with Gasteiger partial charge in [-0.1, -0.05) is 22.0 Å². The average molecular weight is 391 g/mol. The van der Waals surface area contributed by atoms with E-state index in [-0.39, 0.29) is 42.6 Å². The van der Waals surface area contributed by atoms with Crippen molar-refractivity contribution >= 4 is 45.8 Å².